The maximum atomic E-state index is 12.1. The van der Waals surface area contributed by atoms with E-state index < -0.39 is 0 Å². The smallest absolute Gasteiger partial charge is 0.230 e. The molecule has 1 amide bonds. The molecule has 0 saturated heterocycles. The summed E-state index contributed by atoms with van der Waals surface area (Å²) in [6.45, 7) is 1.99. The Morgan fingerprint density at radius 3 is 2.48 bits per heavy atom. The molecule has 0 aliphatic rings. The van der Waals surface area contributed by atoms with E-state index in [1.54, 1.807) is 12.1 Å². The van der Waals surface area contributed by atoms with E-state index in [9.17, 15) is 4.79 Å². The molecule has 0 saturated carbocycles. The van der Waals surface area contributed by atoms with Crippen molar-refractivity contribution in [2.45, 2.75) is 13.3 Å². The van der Waals surface area contributed by atoms with Gasteiger partial charge in [0.1, 0.15) is 0 Å². The van der Waals surface area contributed by atoms with Gasteiger partial charge in [-0.15, -0.1) is 10.2 Å². The molecule has 126 valence electrons. The van der Waals surface area contributed by atoms with Gasteiger partial charge in [-0.1, -0.05) is 46.3 Å². The van der Waals surface area contributed by atoms with Crippen molar-refractivity contribution in [3.05, 3.63) is 76.3 Å². The molecule has 1 aromatic heterocycles. The molecule has 6 heteroatoms. The topological polar surface area (TPSA) is 66.9 Å². The molecule has 0 spiro atoms. The first-order chi connectivity index (χ1) is 12.1. The second-order valence-corrected chi connectivity index (χ2v) is 6.51. The van der Waals surface area contributed by atoms with Crippen molar-refractivity contribution in [2.24, 2.45) is 0 Å². The van der Waals surface area contributed by atoms with Crippen molar-refractivity contribution in [3.63, 3.8) is 0 Å². The van der Waals surface area contributed by atoms with Gasteiger partial charge in [0.2, 0.25) is 5.91 Å². The van der Waals surface area contributed by atoms with Crippen LogP contribution >= 0.6 is 15.9 Å². The Kier molecular flexibility index (Phi) is 5.40. The summed E-state index contributed by atoms with van der Waals surface area (Å²) in [6.07, 6.45) is 0.312. The van der Waals surface area contributed by atoms with Crippen molar-refractivity contribution in [2.75, 3.05) is 10.6 Å². The zero-order chi connectivity index (χ0) is 17.6. The lowest BCUT2D eigenvalue weighted by Crippen LogP contribution is -2.16. The van der Waals surface area contributed by atoms with Crippen LogP contribution in [0, 0.1) is 6.92 Å². The zero-order valence-electron chi connectivity index (χ0n) is 13.7. The van der Waals surface area contributed by atoms with Gasteiger partial charge in [-0.3, -0.25) is 4.79 Å². The number of anilines is 3. The standard InChI is InChI=1S/C19H17BrN4O/c1-13-5-2-3-6-14(13)11-19(25)22-18-10-9-17(23-24-18)21-16-8-4-7-15(20)12-16/h2-10,12H,11H2,1H3,(H,21,23)(H,22,24,25). The van der Waals surface area contributed by atoms with Crippen LogP contribution in [0.25, 0.3) is 0 Å². The molecule has 0 bridgehead atoms. The summed E-state index contributed by atoms with van der Waals surface area (Å²) >= 11 is 3.42. The van der Waals surface area contributed by atoms with Gasteiger partial charge in [0.15, 0.2) is 11.6 Å². The summed E-state index contributed by atoms with van der Waals surface area (Å²) in [5.74, 6) is 0.921. The molecular formula is C19H17BrN4O. The molecule has 2 N–H and O–H groups in total. The van der Waals surface area contributed by atoms with Crippen LogP contribution in [0.2, 0.25) is 0 Å². The minimum absolute atomic E-state index is 0.115. The molecule has 1 heterocycles. The number of carbonyl (C=O) groups is 1. The molecule has 0 unspecified atom stereocenters. The van der Waals surface area contributed by atoms with Crippen LogP contribution in [0.4, 0.5) is 17.3 Å². The number of hydrogen-bond donors (Lipinski definition) is 2. The molecule has 5 nitrogen and oxygen atoms in total. The van der Waals surface area contributed by atoms with E-state index in [-0.39, 0.29) is 5.91 Å². The van der Waals surface area contributed by atoms with Crippen molar-refractivity contribution >= 4 is 39.2 Å². The highest BCUT2D eigenvalue weighted by Gasteiger charge is 2.07. The zero-order valence-corrected chi connectivity index (χ0v) is 15.2. The molecule has 3 rings (SSSR count). The Morgan fingerprint density at radius 1 is 1.00 bits per heavy atom. The molecular weight excluding hydrogens is 380 g/mol. The second-order valence-electron chi connectivity index (χ2n) is 5.59. The Labute approximate surface area is 154 Å². The average Bonchev–Trinajstić information content (AvgIpc) is 2.59. The normalized spacial score (nSPS) is 10.3. The summed E-state index contributed by atoms with van der Waals surface area (Å²) in [5, 5.41) is 14.1. The van der Waals surface area contributed by atoms with Gasteiger partial charge in [0.25, 0.3) is 0 Å². The summed E-state index contributed by atoms with van der Waals surface area (Å²) < 4.78 is 0.977. The Hall–Kier alpha value is -2.73. The van der Waals surface area contributed by atoms with Gasteiger partial charge in [0.05, 0.1) is 6.42 Å². The number of nitrogens with one attached hydrogen (secondary N) is 2. The van der Waals surface area contributed by atoms with E-state index in [2.05, 4.69) is 36.8 Å². The lowest BCUT2D eigenvalue weighted by atomic mass is 10.1. The third kappa shape index (κ3) is 4.87. The van der Waals surface area contributed by atoms with Crippen LogP contribution < -0.4 is 10.6 Å². The molecule has 0 aliphatic heterocycles. The highest BCUT2D eigenvalue weighted by Crippen LogP contribution is 2.19. The maximum Gasteiger partial charge on any atom is 0.230 e. The minimum Gasteiger partial charge on any atom is -0.339 e. The molecule has 3 aromatic rings. The Balaban J connectivity index is 1.60. The summed E-state index contributed by atoms with van der Waals surface area (Å²) in [4.78, 5) is 12.1. The number of aryl methyl sites for hydroxylation is 1. The van der Waals surface area contributed by atoms with E-state index in [1.807, 2.05) is 55.5 Å². The number of benzene rings is 2. The predicted octanol–water partition coefficient (Wildman–Crippen LogP) is 4.47. The minimum atomic E-state index is -0.115. The SMILES string of the molecule is Cc1ccccc1CC(=O)Nc1ccc(Nc2cccc(Br)c2)nn1. The molecule has 2 aromatic carbocycles. The van der Waals surface area contributed by atoms with Crippen molar-refractivity contribution in [1.29, 1.82) is 0 Å². The van der Waals surface area contributed by atoms with Gasteiger partial charge in [0, 0.05) is 10.2 Å². The van der Waals surface area contributed by atoms with Crippen molar-refractivity contribution < 1.29 is 4.79 Å². The second kappa shape index (κ2) is 7.90. The van der Waals surface area contributed by atoms with E-state index in [0.29, 0.717) is 18.1 Å². The third-order valence-electron chi connectivity index (χ3n) is 3.64. The van der Waals surface area contributed by atoms with E-state index >= 15 is 0 Å². The molecule has 0 aliphatic carbocycles. The fraction of sp³-hybridized carbons (Fsp3) is 0.105. The van der Waals surface area contributed by atoms with Crippen LogP contribution in [0.3, 0.4) is 0 Å². The van der Waals surface area contributed by atoms with E-state index in [0.717, 1.165) is 21.3 Å². The molecule has 0 fully saturated rings. The van der Waals surface area contributed by atoms with E-state index in [4.69, 9.17) is 0 Å². The first kappa shape index (κ1) is 17.1. The lowest BCUT2D eigenvalue weighted by molar-refractivity contribution is -0.115. The summed E-state index contributed by atoms with van der Waals surface area (Å²) in [6, 6.07) is 19.1. The monoisotopic (exact) mass is 396 g/mol. The fourth-order valence-corrected chi connectivity index (χ4v) is 2.75. The van der Waals surface area contributed by atoms with Crippen LogP contribution in [0.5, 0.6) is 0 Å². The number of aromatic nitrogens is 2. The quantitative estimate of drug-likeness (QED) is 0.667. The third-order valence-corrected chi connectivity index (χ3v) is 4.13. The van der Waals surface area contributed by atoms with Gasteiger partial charge >= 0.3 is 0 Å². The van der Waals surface area contributed by atoms with Crippen molar-refractivity contribution in [1.82, 2.24) is 10.2 Å². The number of amides is 1. The van der Waals surface area contributed by atoms with Crippen LogP contribution in [0.15, 0.2) is 65.1 Å². The number of nitrogens with zero attached hydrogens (tertiary/aromatic N) is 2. The highest BCUT2D eigenvalue weighted by molar-refractivity contribution is 9.10. The lowest BCUT2D eigenvalue weighted by Gasteiger charge is -2.08. The molecule has 0 atom stereocenters. The number of halogens is 1. The average molecular weight is 397 g/mol. The van der Waals surface area contributed by atoms with Gasteiger partial charge < -0.3 is 10.6 Å². The van der Waals surface area contributed by atoms with Gasteiger partial charge in [-0.05, 0) is 48.4 Å². The fourth-order valence-electron chi connectivity index (χ4n) is 2.35. The molecule has 0 radical (unpaired) electrons. The van der Waals surface area contributed by atoms with Crippen molar-refractivity contribution in [3.8, 4) is 0 Å². The summed E-state index contributed by atoms with van der Waals surface area (Å²) in [7, 11) is 0. The highest BCUT2D eigenvalue weighted by atomic mass is 79.9. The number of hydrogen-bond acceptors (Lipinski definition) is 4. The van der Waals surface area contributed by atoms with E-state index in [1.165, 1.54) is 0 Å². The molecule has 25 heavy (non-hydrogen) atoms. The maximum absolute atomic E-state index is 12.1. The summed E-state index contributed by atoms with van der Waals surface area (Å²) in [5.41, 5.74) is 3.00. The van der Waals surface area contributed by atoms with Crippen LogP contribution in [-0.2, 0) is 11.2 Å². The number of carbonyl (C=O) groups excluding carboxylic acids is 1. The van der Waals surface area contributed by atoms with Gasteiger partial charge in [-0.25, -0.2) is 0 Å². The van der Waals surface area contributed by atoms with Gasteiger partial charge in [-0.2, -0.15) is 0 Å². The Bertz CT molecular complexity index is 881. The first-order valence-corrected chi connectivity index (χ1v) is 8.60. The number of rotatable bonds is 5. The predicted molar refractivity (Wildman–Crippen MR) is 103 cm³/mol. The first-order valence-electron chi connectivity index (χ1n) is 7.81. The largest absolute Gasteiger partial charge is 0.339 e. The van der Waals surface area contributed by atoms with Crippen LogP contribution in [0.1, 0.15) is 11.1 Å². The Morgan fingerprint density at radius 2 is 1.76 bits per heavy atom. The van der Waals surface area contributed by atoms with Crippen LogP contribution in [-0.4, -0.2) is 16.1 Å².